The summed E-state index contributed by atoms with van der Waals surface area (Å²) in [6.07, 6.45) is 0. The Kier molecular flexibility index (Phi) is 4.90. The number of aromatic nitrogens is 2. The molecule has 24 heavy (non-hydrogen) atoms. The number of rotatable bonds is 4. The van der Waals surface area contributed by atoms with Gasteiger partial charge in [-0.1, -0.05) is 12.1 Å². The maximum Gasteiger partial charge on any atom is 0.339 e. The zero-order valence-electron chi connectivity index (χ0n) is 13.8. The first kappa shape index (κ1) is 16.2. The highest BCUT2D eigenvalue weighted by Crippen LogP contribution is 2.22. The fraction of sp³-hybridized carbons (Fsp3) is 0.353. The lowest BCUT2D eigenvalue weighted by Crippen LogP contribution is -2.36. The van der Waals surface area contributed by atoms with E-state index >= 15 is 0 Å². The maximum absolute atomic E-state index is 11.9. The van der Waals surface area contributed by atoms with E-state index in [1.807, 2.05) is 19.1 Å². The second-order valence-corrected chi connectivity index (χ2v) is 5.45. The average molecular weight is 328 g/mol. The number of methoxy groups -OCH3 is 1. The van der Waals surface area contributed by atoms with Gasteiger partial charge in [-0.3, -0.25) is 0 Å². The summed E-state index contributed by atoms with van der Waals surface area (Å²) in [6.45, 7) is 4.90. The Morgan fingerprint density at radius 3 is 2.75 bits per heavy atom. The molecule has 0 atom stereocenters. The SMILES string of the molecule is COC(=O)c1ccccc1Nc1nc(C)cc(N2CCOCC2)n1. The lowest BCUT2D eigenvalue weighted by molar-refractivity contribution is 0.0602. The normalized spacial score (nSPS) is 14.3. The molecule has 2 heterocycles. The molecule has 0 saturated carbocycles. The number of para-hydroxylation sites is 1. The van der Waals surface area contributed by atoms with Gasteiger partial charge in [0.1, 0.15) is 5.82 Å². The number of hydrogen-bond acceptors (Lipinski definition) is 7. The number of nitrogens with zero attached hydrogens (tertiary/aromatic N) is 3. The molecule has 0 unspecified atom stereocenters. The van der Waals surface area contributed by atoms with Crippen molar-refractivity contribution in [2.75, 3.05) is 43.6 Å². The molecular weight excluding hydrogens is 308 g/mol. The maximum atomic E-state index is 11.9. The number of aryl methyl sites for hydroxylation is 1. The van der Waals surface area contributed by atoms with Crippen molar-refractivity contribution in [2.45, 2.75) is 6.92 Å². The van der Waals surface area contributed by atoms with E-state index in [4.69, 9.17) is 9.47 Å². The number of hydrogen-bond donors (Lipinski definition) is 1. The molecular formula is C17H20N4O3. The minimum Gasteiger partial charge on any atom is -0.465 e. The van der Waals surface area contributed by atoms with E-state index in [1.54, 1.807) is 18.2 Å². The van der Waals surface area contributed by atoms with Crippen molar-refractivity contribution in [1.29, 1.82) is 0 Å². The van der Waals surface area contributed by atoms with Crippen molar-refractivity contribution in [1.82, 2.24) is 9.97 Å². The molecule has 3 rings (SSSR count). The molecule has 0 aliphatic carbocycles. The highest BCUT2D eigenvalue weighted by atomic mass is 16.5. The predicted molar refractivity (Wildman–Crippen MR) is 90.9 cm³/mol. The Bertz CT molecular complexity index is 730. The molecule has 0 spiro atoms. The summed E-state index contributed by atoms with van der Waals surface area (Å²) in [5.74, 6) is 0.899. The number of carbonyl (C=O) groups excluding carboxylic acids is 1. The number of ether oxygens (including phenoxy) is 2. The molecule has 126 valence electrons. The predicted octanol–water partition coefficient (Wildman–Crippen LogP) is 2.15. The third-order valence-electron chi connectivity index (χ3n) is 3.75. The number of nitrogens with one attached hydrogen (secondary N) is 1. The summed E-state index contributed by atoms with van der Waals surface area (Å²) >= 11 is 0. The van der Waals surface area contributed by atoms with E-state index in [0.29, 0.717) is 30.4 Å². The van der Waals surface area contributed by atoms with Crippen LogP contribution in [0.4, 0.5) is 17.5 Å². The van der Waals surface area contributed by atoms with Crippen LogP contribution < -0.4 is 10.2 Å². The first-order chi connectivity index (χ1) is 11.7. The van der Waals surface area contributed by atoms with Crippen LogP contribution in [0.15, 0.2) is 30.3 Å². The smallest absolute Gasteiger partial charge is 0.339 e. The van der Waals surface area contributed by atoms with Crippen molar-refractivity contribution in [3.63, 3.8) is 0 Å². The highest BCUT2D eigenvalue weighted by molar-refractivity contribution is 5.96. The number of carbonyl (C=O) groups is 1. The average Bonchev–Trinajstić information content (AvgIpc) is 2.62. The zero-order valence-corrected chi connectivity index (χ0v) is 13.8. The van der Waals surface area contributed by atoms with E-state index in [2.05, 4.69) is 20.2 Å². The van der Waals surface area contributed by atoms with Gasteiger partial charge in [-0.15, -0.1) is 0 Å². The van der Waals surface area contributed by atoms with Crippen molar-refractivity contribution < 1.29 is 14.3 Å². The largest absolute Gasteiger partial charge is 0.465 e. The standard InChI is InChI=1S/C17H20N4O3/c1-12-11-15(21-7-9-24-10-8-21)20-17(18-12)19-14-6-4-3-5-13(14)16(22)23-2/h3-6,11H,7-10H2,1-2H3,(H,18,19,20). The van der Waals surface area contributed by atoms with Gasteiger partial charge < -0.3 is 19.7 Å². The second kappa shape index (κ2) is 7.27. The molecule has 7 heteroatoms. The number of benzene rings is 1. The molecule has 1 N–H and O–H groups in total. The molecule has 0 radical (unpaired) electrons. The summed E-state index contributed by atoms with van der Waals surface area (Å²) in [5, 5.41) is 3.13. The fourth-order valence-electron chi connectivity index (χ4n) is 2.56. The third-order valence-corrected chi connectivity index (χ3v) is 3.75. The van der Waals surface area contributed by atoms with Crippen LogP contribution >= 0.6 is 0 Å². The third kappa shape index (κ3) is 3.62. The molecule has 0 bridgehead atoms. The molecule has 1 aromatic heterocycles. The van der Waals surface area contributed by atoms with Crippen LogP contribution in [-0.2, 0) is 9.47 Å². The van der Waals surface area contributed by atoms with Crippen LogP contribution in [-0.4, -0.2) is 49.4 Å². The van der Waals surface area contributed by atoms with Crippen molar-refractivity contribution in [3.05, 3.63) is 41.6 Å². The summed E-state index contributed by atoms with van der Waals surface area (Å²) in [4.78, 5) is 23.0. The second-order valence-electron chi connectivity index (χ2n) is 5.45. The van der Waals surface area contributed by atoms with Gasteiger partial charge in [-0.25, -0.2) is 9.78 Å². The minimum absolute atomic E-state index is 0.404. The van der Waals surface area contributed by atoms with E-state index in [9.17, 15) is 4.79 Å². The van der Waals surface area contributed by atoms with E-state index in [-0.39, 0.29) is 0 Å². The molecule has 1 saturated heterocycles. The van der Waals surface area contributed by atoms with Gasteiger partial charge in [0.05, 0.1) is 31.6 Å². The van der Waals surface area contributed by atoms with Crippen LogP contribution in [0.25, 0.3) is 0 Å². The molecule has 0 amide bonds. The van der Waals surface area contributed by atoms with Crippen LogP contribution in [0.3, 0.4) is 0 Å². The lowest BCUT2D eigenvalue weighted by Gasteiger charge is -2.28. The van der Waals surface area contributed by atoms with Gasteiger partial charge in [0.25, 0.3) is 0 Å². The number of morpholine rings is 1. The van der Waals surface area contributed by atoms with Gasteiger partial charge >= 0.3 is 5.97 Å². The molecule has 7 nitrogen and oxygen atoms in total. The Morgan fingerprint density at radius 2 is 2.00 bits per heavy atom. The first-order valence-corrected chi connectivity index (χ1v) is 7.80. The zero-order chi connectivity index (χ0) is 16.9. The molecule has 1 aromatic carbocycles. The number of esters is 1. The Morgan fingerprint density at radius 1 is 1.25 bits per heavy atom. The van der Waals surface area contributed by atoms with Crippen molar-refractivity contribution in [2.24, 2.45) is 0 Å². The fourth-order valence-corrected chi connectivity index (χ4v) is 2.56. The Labute approximate surface area is 140 Å². The minimum atomic E-state index is -0.404. The summed E-state index contributed by atoms with van der Waals surface area (Å²) in [7, 11) is 1.36. The van der Waals surface area contributed by atoms with Gasteiger partial charge in [0.15, 0.2) is 0 Å². The van der Waals surface area contributed by atoms with E-state index in [1.165, 1.54) is 7.11 Å². The first-order valence-electron chi connectivity index (χ1n) is 7.80. The van der Waals surface area contributed by atoms with Crippen LogP contribution in [0.1, 0.15) is 16.1 Å². The molecule has 1 fully saturated rings. The van der Waals surface area contributed by atoms with Crippen LogP contribution in [0.2, 0.25) is 0 Å². The van der Waals surface area contributed by atoms with E-state index in [0.717, 1.165) is 24.6 Å². The van der Waals surface area contributed by atoms with Gasteiger partial charge in [0.2, 0.25) is 5.95 Å². The number of anilines is 3. The van der Waals surface area contributed by atoms with Gasteiger partial charge in [-0.05, 0) is 19.1 Å². The van der Waals surface area contributed by atoms with Crippen LogP contribution in [0, 0.1) is 6.92 Å². The van der Waals surface area contributed by atoms with Crippen molar-refractivity contribution >= 4 is 23.4 Å². The molecule has 1 aliphatic heterocycles. The van der Waals surface area contributed by atoms with Gasteiger partial charge in [-0.2, -0.15) is 4.98 Å². The highest BCUT2D eigenvalue weighted by Gasteiger charge is 2.16. The summed E-state index contributed by atoms with van der Waals surface area (Å²) < 4.78 is 10.2. The van der Waals surface area contributed by atoms with Gasteiger partial charge in [0, 0.05) is 24.8 Å². The van der Waals surface area contributed by atoms with Crippen LogP contribution in [0.5, 0.6) is 0 Å². The van der Waals surface area contributed by atoms with Crippen molar-refractivity contribution in [3.8, 4) is 0 Å². The summed E-state index contributed by atoms with van der Waals surface area (Å²) in [5.41, 5.74) is 1.91. The lowest BCUT2D eigenvalue weighted by atomic mass is 10.2. The quantitative estimate of drug-likeness (QED) is 0.862. The molecule has 2 aromatic rings. The molecule has 1 aliphatic rings. The topological polar surface area (TPSA) is 76.6 Å². The summed E-state index contributed by atoms with van der Waals surface area (Å²) in [6, 6.07) is 9.07. The Hall–Kier alpha value is -2.67. The van der Waals surface area contributed by atoms with E-state index < -0.39 is 5.97 Å². The Balaban J connectivity index is 1.88. The monoisotopic (exact) mass is 328 g/mol.